The van der Waals surface area contributed by atoms with E-state index in [1.165, 1.54) is 9.87 Å². The van der Waals surface area contributed by atoms with Gasteiger partial charge in [-0.25, -0.2) is 17.7 Å². The molecule has 0 spiro atoms. The summed E-state index contributed by atoms with van der Waals surface area (Å²) in [7, 11) is -3.10. The third-order valence-corrected chi connectivity index (χ3v) is 6.97. The van der Waals surface area contributed by atoms with Gasteiger partial charge in [0.05, 0.1) is 18.4 Å². The van der Waals surface area contributed by atoms with E-state index in [1.54, 1.807) is 0 Å². The van der Waals surface area contributed by atoms with Crippen molar-refractivity contribution in [3.63, 3.8) is 0 Å². The van der Waals surface area contributed by atoms with Gasteiger partial charge in [0.1, 0.15) is 5.75 Å². The van der Waals surface area contributed by atoms with Gasteiger partial charge in [-0.05, 0) is 62.6 Å². The molecule has 0 saturated carbocycles. The lowest BCUT2D eigenvalue weighted by atomic mass is 10.1. The lowest BCUT2D eigenvalue weighted by Crippen LogP contribution is -2.38. The number of anilines is 1. The molecular formula is C23H33IN4O3S. The zero-order chi connectivity index (χ0) is 22.3. The number of aryl methyl sites for hydroxylation is 1. The number of benzene rings is 2. The van der Waals surface area contributed by atoms with Gasteiger partial charge in [-0.3, -0.25) is 0 Å². The Bertz CT molecular complexity index is 995. The Morgan fingerprint density at radius 2 is 1.88 bits per heavy atom. The van der Waals surface area contributed by atoms with Crippen LogP contribution in [0.15, 0.2) is 53.5 Å². The first kappa shape index (κ1) is 26.4. The second kappa shape index (κ2) is 12.4. The normalized spacial score (nSPS) is 15.9. The molecule has 176 valence electrons. The smallest absolute Gasteiger partial charge is 0.214 e. The fourth-order valence-electron chi connectivity index (χ4n) is 3.36. The number of hydrogen-bond acceptors (Lipinski definition) is 4. The molecule has 0 unspecified atom stereocenters. The number of ether oxygens (including phenoxy) is 1. The highest BCUT2D eigenvalue weighted by Crippen LogP contribution is 2.17. The molecule has 1 fully saturated rings. The van der Waals surface area contributed by atoms with Crippen molar-refractivity contribution >= 4 is 45.6 Å². The molecule has 32 heavy (non-hydrogen) atoms. The van der Waals surface area contributed by atoms with Crippen molar-refractivity contribution in [1.29, 1.82) is 0 Å². The predicted molar refractivity (Wildman–Crippen MR) is 142 cm³/mol. The highest BCUT2D eigenvalue weighted by atomic mass is 127. The van der Waals surface area contributed by atoms with Crippen LogP contribution in [-0.4, -0.2) is 50.2 Å². The van der Waals surface area contributed by atoms with Crippen LogP contribution >= 0.6 is 24.0 Å². The van der Waals surface area contributed by atoms with Crippen LogP contribution in [0.1, 0.15) is 31.4 Å². The fourth-order valence-corrected chi connectivity index (χ4v) is 4.89. The molecule has 1 saturated heterocycles. The van der Waals surface area contributed by atoms with Crippen LogP contribution in [0.3, 0.4) is 0 Å². The maximum absolute atomic E-state index is 12.0. The summed E-state index contributed by atoms with van der Waals surface area (Å²) in [4.78, 5) is 4.72. The van der Waals surface area contributed by atoms with E-state index in [0.717, 1.165) is 17.0 Å². The number of nitrogens with one attached hydrogen (secondary N) is 2. The van der Waals surface area contributed by atoms with Gasteiger partial charge in [-0.2, -0.15) is 0 Å². The van der Waals surface area contributed by atoms with Gasteiger partial charge in [-0.1, -0.05) is 24.3 Å². The van der Waals surface area contributed by atoms with E-state index in [4.69, 9.17) is 9.73 Å². The number of hydrogen-bond donors (Lipinski definition) is 2. The zero-order valence-electron chi connectivity index (χ0n) is 18.9. The summed E-state index contributed by atoms with van der Waals surface area (Å²) in [6.45, 7) is 8.07. The van der Waals surface area contributed by atoms with Crippen LogP contribution in [-0.2, 0) is 16.6 Å². The number of rotatable bonds is 8. The van der Waals surface area contributed by atoms with Gasteiger partial charge in [-0.15, -0.1) is 24.0 Å². The molecule has 9 heteroatoms. The molecule has 0 atom stereocenters. The summed E-state index contributed by atoms with van der Waals surface area (Å²) >= 11 is 0. The lowest BCUT2D eigenvalue weighted by molar-refractivity contribution is 0.242. The van der Waals surface area contributed by atoms with E-state index in [1.807, 2.05) is 50.2 Å². The molecule has 0 bridgehead atoms. The van der Waals surface area contributed by atoms with Crippen LogP contribution < -0.4 is 15.4 Å². The van der Waals surface area contributed by atoms with Crippen molar-refractivity contribution in [3.8, 4) is 5.75 Å². The molecule has 1 aliphatic rings. The minimum atomic E-state index is -3.10. The summed E-state index contributed by atoms with van der Waals surface area (Å²) in [6.07, 6.45) is 0.813. The maximum Gasteiger partial charge on any atom is 0.214 e. The van der Waals surface area contributed by atoms with E-state index < -0.39 is 10.0 Å². The van der Waals surface area contributed by atoms with Crippen molar-refractivity contribution < 1.29 is 13.2 Å². The van der Waals surface area contributed by atoms with E-state index in [0.29, 0.717) is 38.6 Å². The van der Waals surface area contributed by atoms with Crippen molar-refractivity contribution in [2.45, 2.75) is 39.8 Å². The molecule has 2 aromatic rings. The van der Waals surface area contributed by atoms with Crippen molar-refractivity contribution in [2.24, 2.45) is 4.99 Å². The zero-order valence-corrected chi connectivity index (χ0v) is 22.0. The van der Waals surface area contributed by atoms with Crippen LogP contribution in [0.5, 0.6) is 5.75 Å². The van der Waals surface area contributed by atoms with Gasteiger partial charge in [0.15, 0.2) is 5.96 Å². The molecule has 3 rings (SSSR count). The van der Waals surface area contributed by atoms with Gasteiger partial charge in [0, 0.05) is 25.3 Å². The standard InChI is InChI=1S/C23H32N4O3S.HI/c1-18(2)30-22-11-9-21(10-12-22)26-23(25-17-20-8-5-4-7-19(20)3)24-13-15-27-14-6-16-31(27,28)29;/h4-5,7-12,18H,6,13-17H2,1-3H3,(H2,24,25,26);1H. The van der Waals surface area contributed by atoms with Crippen LogP contribution in [0.4, 0.5) is 5.69 Å². The first-order valence-electron chi connectivity index (χ1n) is 10.7. The van der Waals surface area contributed by atoms with Gasteiger partial charge in [0.25, 0.3) is 0 Å². The average molecular weight is 573 g/mol. The summed E-state index contributed by atoms with van der Waals surface area (Å²) in [6, 6.07) is 15.8. The molecule has 1 aliphatic heterocycles. The molecule has 0 amide bonds. The Labute approximate surface area is 208 Å². The number of guanidine groups is 1. The van der Waals surface area contributed by atoms with Crippen LogP contribution in [0.25, 0.3) is 0 Å². The first-order chi connectivity index (χ1) is 14.8. The largest absolute Gasteiger partial charge is 0.491 e. The van der Waals surface area contributed by atoms with Gasteiger partial charge < -0.3 is 15.4 Å². The van der Waals surface area contributed by atoms with Gasteiger partial charge >= 0.3 is 0 Å². The van der Waals surface area contributed by atoms with E-state index in [9.17, 15) is 8.42 Å². The van der Waals surface area contributed by atoms with E-state index in [-0.39, 0.29) is 35.8 Å². The molecule has 1 heterocycles. The first-order valence-corrected chi connectivity index (χ1v) is 12.3. The average Bonchev–Trinajstić information content (AvgIpc) is 3.06. The maximum atomic E-state index is 12.0. The topological polar surface area (TPSA) is 83.0 Å². The molecule has 7 nitrogen and oxygen atoms in total. The molecule has 0 aromatic heterocycles. The third-order valence-electron chi connectivity index (χ3n) is 5.01. The Kier molecular flexibility index (Phi) is 10.2. The Hall–Kier alpha value is -1.85. The summed E-state index contributed by atoms with van der Waals surface area (Å²) in [5.74, 6) is 1.66. The monoisotopic (exact) mass is 572 g/mol. The SMILES string of the molecule is Cc1ccccc1CN=C(NCCN1CCCS1(=O)=O)Nc1ccc(OC(C)C)cc1.I. The number of sulfonamides is 1. The lowest BCUT2D eigenvalue weighted by Gasteiger charge is -2.17. The highest BCUT2D eigenvalue weighted by Gasteiger charge is 2.27. The Morgan fingerprint density at radius 3 is 2.50 bits per heavy atom. The van der Waals surface area contributed by atoms with Crippen LogP contribution in [0, 0.1) is 6.92 Å². The molecule has 0 aliphatic carbocycles. The number of halogens is 1. The number of nitrogens with zero attached hydrogens (tertiary/aromatic N) is 2. The summed E-state index contributed by atoms with van der Waals surface area (Å²) in [5, 5.41) is 6.58. The summed E-state index contributed by atoms with van der Waals surface area (Å²) < 4.78 is 31.3. The molecule has 2 aromatic carbocycles. The fraction of sp³-hybridized carbons (Fsp3) is 0.435. The Morgan fingerprint density at radius 1 is 1.16 bits per heavy atom. The number of aliphatic imine (C=N–C) groups is 1. The van der Waals surface area contributed by atoms with E-state index >= 15 is 0 Å². The third kappa shape index (κ3) is 7.93. The molecular weight excluding hydrogens is 539 g/mol. The second-order valence-electron chi connectivity index (χ2n) is 7.90. The van der Waals surface area contributed by atoms with Crippen molar-refractivity contribution in [3.05, 3.63) is 59.7 Å². The molecule has 0 radical (unpaired) electrons. The van der Waals surface area contributed by atoms with Crippen molar-refractivity contribution in [2.75, 3.05) is 30.7 Å². The minimum Gasteiger partial charge on any atom is -0.491 e. The summed E-state index contributed by atoms with van der Waals surface area (Å²) in [5.41, 5.74) is 3.20. The van der Waals surface area contributed by atoms with Crippen LogP contribution in [0.2, 0.25) is 0 Å². The quantitative estimate of drug-likeness (QED) is 0.284. The van der Waals surface area contributed by atoms with Crippen molar-refractivity contribution in [1.82, 2.24) is 9.62 Å². The second-order valence-corrected chi connectivity index (χ2v) is 9.99. The minimum absolute atomic E-state index is 0. The predicted octanol–water partition coefficient (Wildman–Crippen LogP) is 3.99. The highest BCUT2D eigenvalue weighted by molar-refractivity contribution is 14.0. The van der Waals surface area contributed by atoms with Gasteiger partial charge in [0.2, 0.25) is 10.0 Å². The molecule has 2 N–H and O–H groups in total. The van der Waals surface area contributed by atoms with E-state index in [2.05, 4.69) is 29.7 Å². The Balaban J connectivity index is 0.00000363.